The highest BCUT2D eigenvalue weighted by atomic mass is 35.5. The standard InChI is InChI=1S/C19H23ClN4O3S/c1-12(2)28-18-21-16-15(24(18)11-13-5-7-14(20)8-6-13)17(26)23(9-4-10-25)19(27)22(16)3/h5-8,12,25H,4,9-11H2,1-3H3. The van der Waals surface area contributed by atoms with Crippen LogP contribution in [0.25, 0.3) is 11.2 Å². The average molecular weight is 423 g/mol. The van der Waals surface area contributed by atoms with Crippen LogP contribution in [0.1, 0.15) is 25.8 Å². The zero-order valence-electron chi connectivity index (χ0n) is 16.1. The van der Waals surface area contributed by atoms with Crippen molar-refractivity contribution >= 4 is 34.5 Å². The molecule has 1 aromatic carbocycles. The van der Waals surface area contributed by atoms with E-state index in [4.69, 9.17) is 16.7 Å². The van der Waals surface area contributed by atoms with Crippen LogP contribution in [-0.2, 0) is 20.1 Å². The van der Waals surface area contributed by atoms with Gasteiger partial charge in [-0.3, -0.25) is 13.9 Å². The number of thioether (sulfide) groups is 1. The minimum Gasteiger partial charge on any atom is -0.396 e. The fourth-order valence-electron chi connectivity index (χ4n) is 3.00. The first-order valence-electron chi connectivity index (χ1n) is 9.05. The lowest BCUT2D eigenvalue weighted by Gasteiger charge is -2.12. The van der Waals surface area contributed by atoms with Gasteiger partial charge in [-0.25, -0.2) is 9.78 Å². The van der Waals surface area contributed by atoms with Gasteiger partial charge in [-0.1, -0.05) is 49.3 Å². The number of aliphatic hydroxyl groups excluding tert-OH is 1. The molecule has 0 saturated carbocycles. The molecule has 28 heavy (non-hydrogen) atoms. The Hall–Kier alpha value is -2.03. The molecular formula is C19H23ClN4O3S. The number of aromatic nitrogens is 4. The molecular weight excluding hydrogens is 400 g/mol. The lowest BCUT2D eigenvalue weighted by Crippen LogP contribution is -2.39. The van der Waals surface area contributed by atoms with Crippen molar-refractivity contribution in [2.24, 2.45) is 7.05 Å². The summed E-state index contributed by atoms with van der Waals surface area (Å²) in [4.78, 5) is 30.4. The van der Waals surface area contributed by atoms with E-state index in [2.05, 4.69) is 18.8 Å². The second-order valence-electron chi connectivity index (χ2n) is 6.82. The predicted molar refractivity (Wildman–Crippen MR) is 112 cm³/mol. The molecule has 0 aliphatic rings. The Balaban J connectivity index is 2.25. The van der Waals surface area contributed by atoms with Gasteiger partial charge in [-0.15, -0.1) is 0 Å². The Morgan fingerprint density at radius 1 is 1.18 bits per heavy atom. The van der Waals surface area contributed by atoms with Gasteiger partial charge in [0.2, 0.25) is 0 Å². The van der Waals surface area contributed by atoms with Crippen LogP contribution in [-0.4, -0.2) is 35.6 Å². The van der Waals surface area contributed by atoms with Gasteiger partial charge in [-0.2, -0.15) is 0 Å². The lowest BCUT2D eigenvalue weighted by atomic mass is 10.2. The highest BCUT2D eigenvalue weighted by Crippen LogP contribution is 2.26. The van der Waals surface area contributed by atoms with E-state index >= 15 is 0 Å². The summed E-state index contributed by atoms with van der Waals surface area (Å²) in [5.74, 6) is 0. The average Bonchev–Trinajstić information content (AvgIpc) is 2.99. The maximum absolute atomic E-state index is 13.1. The first-order valence-corrected chi connectivity index (χ1v) is 10.3. The molecule has 0 fully saturated rings. The van der Waals surface area contributed by atoms with Crippen LogP contribution in [0, 0.1) is 0 Å². The van der Waals surface area contributed by atoms with E-state index in [9.17, 15) is 9.59 Å². The van der Waals surface area contributed by atoms with Crippen molar-refractivity contribution in [3.05, 3.63) is 55.7 Å². The van der Waals surface area contributed by atoms with Crippen molar-refractivity contribution in [2.75, 3.05) is 6.61 Å². The van der Waals surface area contributed by atoms with E-state index < -0.39 is 5.69 Å². The van der Waals surface area contributed by atoms with Crippen LogP contribution in [0.5, 0.6) is 0 Å². The van der Waals surface area contributed by atoms with Gasteiger partial charge in [0.05, 0.1) is 6.54 Å². The highest BCUT2D eigenvalue weighted by molar-refractivity contribution is 7.99. The molecule has 9 heteroatoms. The number of aryl methyl sites for hydroxylation is 1. The maximum Gasteiger partial charge on any atom is 0.332 e. The Labute approximate surface area is 171 Å². The number of benzene rings is 1. The van der Waals surface area contributed by atoms with Crippen molar-refractivity contribution in [1.82, 2.24) is 18.7 Å². The van der Waals surface area contributed by atoms with E-state index in [0.717, 1.165) is 5.56 Å². The van der Waals surface area contributed by atoms with E-state index in [-0.39, 0.29) is 24.0 Å². The third-order valence-corrected chi connectivity index (χ3v) is 5.58. The summed E-state index contributed by atoms with van der Waals surface area (Å²) in [5, 5.41) is 10.7. The monoisotopic (exact) mass is 422 g/mol. The number of rotatable bonds is 7. The third kappa shape index (κ3) is 4.04. The van der Waals surface area contributed by atoms with Crippen molar-refractivity contribution in [3.8, 4) is 0 Å². The zero-order valence-corrected chi connectivity index (χ0v) is 17.6. The minimum atomic E-state index is -0.428. The summed E-state index contributed by atoms with van der Waals surface area (Å²) in [6.07, 6.45) is 0.333. The molecule has 0 aliphatic carbocycles. The van der Waals surface area contributed by atoms with Gasteiger partial charge in [0.15, 0.2) is 16.3 Å². The van der Waals surface area contributed by atoms with E-state index in [1.807, 2.05) is 16.7 Å². The van der Waals surface area contributed by atoms with Gasteiger partial charge in [0, 0.05) is 30.5 Å². The molecule has 3 aromatic rings. The predicted octanol–water partition coefficient (Wildman–Crippen LogP) is 2.48. The highest BCUT2D eigenvalue weighted by Gasteiger charge is 2.21. The van der Waals surface area contributed by atoms with Gasteiger partial charge in [0.25, 0.3) is 5.56 Å². The summed E-state index contributed by atoms with van der Waals surface area (Å²) >= 11 is 7.53. The molecule has 7 nitrogen and oxygen atoms in total. The molecule has 0 radical (unpaired) electrons. The maximum atomic E-state index is 13.1. The second-order valence-corrected chi connectivity index (χ2v) is 8.80. The summed E-state index contributed by atoms with van der Waals surface area (Å²) < 4.78 is 4.43. The number of nitrogens with zero attached hydrogens (tertiary/aromatic N) is 4. The van der Waals surface area contributed by atoms with Crippen LogP contribution in [0.15, 0.2) is 39.0 Å². The third-order valence-electron chi connectivity index (χ3n) is 4.33. The molecule has 0 aliphatic heterocycles. The summed E-state index contributed by atoms with van der Waals surface area (Å²) in [5.41, 5.74) is 0.918. The summed E-state index contributed by atoms with van der Waals surface area (Å²) in [6, 6.07) is 7.43. The lowest BCUT2D eigenvalue weighted by molar-refractivity contribution is 0.277. The smallest absolute Gasteiger partial charge is 0.332 e. The molecule has 0 atom stereocenters. The van der Waals surface area contributed by atoms with Gasteiger partial charge < -0.3 is 9.67 Å². The van der Waals surface area contributed by atoms with E-state index in [1.54, 1.807) is 30.9 Å². The van der Waals surface area contributed by atoms with Crippen molar-refractivity contribution < 1.29 is 5.11 Å². The van der Waals surface area contributed by atoms with Crippen LogP contribution in [0.3, 0.4) is 0 Å². The summed E-state index contributed by atoms with van der Waals surface area (Å²) in [6.45, 7) is 4.61. The summed E-state index contributed by atoms with van der Waals surface area (Å²) in [7, 11) is 1.61. The largest absolute Gasteiger partial charge is 0.396 e. The Morgan fingerprint density at radius 2 is 1.86 bits per heavy atom. The normalized spacial score (nSPS) is 11.6. The fraction of sp³-hybridized carbons (Fsp3) is 0.421. The van der Waals surface area contributed by atoms with E-state index in [0.29, 0.717) is 34.3 Å². The van der Waals surface area contributed by atoms with Gasteiger partial charge in [-0.05, 0) is 24.1 Å². The van der Waals surface area contributed by atoms with Crippen LogP contribution in [0.4, 0.5) is 0 Å². The Bertz CT molecular complexity index is 1100. The van der Waals surface area contributed by atoms with Crippen LogP contribution >= 0.6 is 23.4 Å². The van der Waals surface area contributed by atoms with Crippen molar-refractivity contribution in [2.45, 2.75) is 43.8 Å². The van der Waals surface area contributed by atoms with Crippen molar-refractivity contribution in [3.63, 3.8) is 0 Å². The molecule has 0 amide bonds. The molecule has 0 saturated heterocycles. The molecule has 2 heterocycles. The molecule has 0 unspecified atom stereocenters. The zero-order chi connectivity index (χ0) is 20.4. The minimum absolute atomic E-state index is 0.0912. The topological polar surface area (TPSA) is 82.1 Å². The Morgan fingerprint density at radius 3 is 2.46 bits per heavy atom. The van der Waals surface area contributed by atoms with Crippen molar-refractivity contribution in [1.29, 1.82) is 0 Å². The van der Waals surface area contributed by atoms with E-state index in [1.165, 1.54) is 9.13 Å². The number of hydrogen-bond donors (Lipinski definition) is 1. The van der Waals surface area contributed by atoms with Crippen LogP contribution < -0.4 is 11.2 Å². The molecule has 0 spiro atoms. The molecule has 1 N–H and O–H groups in total. The number of halogens is 1. The first-order chi connectivity index (χ1) is 13.3. The molecule has 3 rings (SSSR count). The molecule has 150 valence electrons. The Kier molecular flexibility index (Phi) is 6.32. The number of aliphatic hydroxyl groups is 1. The fourth-order valence-corrected chi connectivity index (χ4v) is 3.97. The van der Waals surface area contributed by atoms with Gasteiger partial charge in [0.1, 0.15) is 0 Å². The number of hydrogen-bond acceptors (Lipinski definition) is 5. The van der Waals surface area contributed by atoms with Gasteiger partial charge >= 0.3 is 5.69 Å². The van der Waals surface area contributed by atoms with Crippen LogP contribution in [0.2, 0.25) is 5.02 Å². The molecule has 0 bridgehead atoms. The molecule has 2 aromatic heterocycles. The number of fused-ring (bicyclic) bond motifs is 1. The first kappa shape index (κ1) is 20.7. The SMILES string of the molecule is CC(C)Sc1nc2c(c(=O)n(CCCO)c(=O)n2C)n1Cc1ccc(Cl)cc1. The second kappa shape index (κ2) is 8.55. The quantitative estimate of drug-likeness (QED) is 0.591. The number of imidazole rings is 1.